The second-order valence-corrected chi connectivity index (χ2v) is 3.74. The van der Waals surface area contributed by atoms with Crippen molar-refractivity contribution in [2.75, 3.05) is 6.54 Å². The van der Waals surface area contributed by atoms with Gasteiger partial charge in [-0.15, -0.1) is 0 Å². The van der Waals surface area contributed by atoms with E-state index in [0.29, 0.717) is 5.89 Å². The van der Waals surface area contributed by atoms with E-state index < -0.39 is 0 Å². The third kappa shape index (κ3) is 3.65. The molecular weight excluding hydrogens is 218 g/mol. The van der Waals surface area contributed by atoms with Crippen LogP contribution in [0.2, 0.25) is 0 Å². The molecule has 5 heteroatoms. The minimum atomic E-state index is 0.0882. The van der Waals surface area contributed by atoms with Gasteiger partial charge in [0.05, 0.1) is 6.61 Å². The van der Waals surface area contributed by atoms with E-state index in [2.05, 4.69) is 15.5 Å². The van der Waals surface area contributed by atoms with Gasteiger partial charge >= 0.3 is 0 Å². The highest BCUT2D eigenvalue weighted by Crippen LogP contribution is 2.03. The van der Waals surface area contributed by atoms with Crippen LogP contribution in [0.25, 0.3) is 0 Å². The van der Waals surface area contributed by atoms with Gasteiger partial charge in [-0.25, -0.2) is 0 Å². The highest BCUT2D eigenvalue weighted by atomic mass is 16.5. The molecule has 2 aromatic rings. The number of aromatic nitrogens is 2. The summed E-state index contributed by atoms with van der Waals surface area (Å²) in [6.07, 6.45) is 2.14. The molecule has 2 N–H and O–H groups in total. The van der Waals surface area contributed by atoms with E-state index in [4.69, 9.17) is 9.63 Å². The molecule has 0 saturated carbocycles. The molecule has 1 aromatic carbocycles. The standard InChI is InChI=1S/C12H15N3O2/c16-8-11-3-1-10(2-4-11)7-13-6-5-12-14-9-15-17-12/h1-4,9,13,16H,5-8H2. The third-order valence-corrected chi connectivity index (χ3v) is 2.46. The first-order chi connectivity index (χ1) is 8.38. The van der Waals surface area contributed by atoms with Crippen molar-refractivity contribution in [3.63, 3.8) is 0 Å². The minimum absolute atomic E-state index is 0.0882. The van der Waals surface area contributed by atoms with Crippen LogP contribution in [0.5, 0.6) is 0 Å². The molecule has 0 amide bonds. The fourth-order valence-electron chi connectivity index (χ4n) is 1.50. The molecular formula is C12H15N3O2. The van der Waals surface area contributed by atoms with Gasteiger partial charge in [0, 0.05) is 19.5 Å². The van der Waals surface area contributed by atoms with Gasteiger partial charge in [-0.2, -0.15) is 4.98 Å². The van der Waals surface area contributed by atoms with Crippen LogP contribution in [-0.2, 0) is 19.6 Å². The Bertz CT molecular complexity index is 426. The van der Waals surface area contributed by atoms with E-state index in [9.17, 15) is 0 Å². The number of nitrogens with one attached hydrogen (secondary N) is 1. The van der Waals surface area contributed by atoms with Gasteiger partial charge in [-0.1, -0.05) is 29.4 Å². The zero-order chi connectivity index (χ0) is 11.9. The van der Waals surface area contributed by atoms with Crippen LogP contribution in [0.4, 0.5) is 0 Å². The Morgan fingerprint density at radius 2 is 1.94 bits per heavy atom. The molecule has 0 bridgehead atoms. The predicted molar refractivity (Wildman–Crippen MR) is 62.1 cm³/mol. The molecule has 0 fully saturated rings. The highest BCUT2D eigenvalue weighted by Gasteiger charge is 1.98. The lowest BCUT2D eigenvalue weighted by atomic mass is 10.1. The SMILES string of the molecule is OCc1ccc(CNCCc2ncno2)cc1. The summed E-state index contributed by atoms with van der Waals surface area (Å²) in [6, 6.07) is 7.86. The first kappa shape index (κ1) is 11.8. The van der Waals surface area contributed by atoms with Gasteiger partial charge in [-0.3, -0.25) is 0 Å². The lowest BCUT2D eigenvalue weighted by Gasteiger charge is -2.04. The maximum absolute atomic E-state index is 8.91. The van der Waals surface area contributed by atoms with Gasteiger partial charge in [0.1, 0.15) is 0 Å². The van der Waals surface area contributed by atoms with Gasteiger partial charge in [0.15, 0.2) is 6.33 Å². The van der Waals surface area contributed by atoms with Crippen LogP contribution in [0.15, 0.2) is 35.1 Å². The van der Waals surface area contributed by atoms with Crippen molar-refractivity contribution >= 4 is 0 Å². The summed E-state index contributed by atoms with van der Waals surface area (Å²) in [5.74, 6) is 0.646. The van der Waals surface area contributed by atoms with Gasteiger partial charge in [0.25, 0.3) is 0 Å². The molecule has 0 aliphatic rings. The smallest absolute Gasteiger partial charge is 0.227 e. The molecule has 0 aliphatic heterocycles. The second-order valence-electron chi connectivity index (χ2n) is 3.74. The molecule has 0 aliphatic carbocycles. The van der Waals surface area contributed by atoms with Gasteiger partial charge < -0.3 is 14.9 Å². The largest absolute Gasteiger partial charge is 0.392 e. The number of aliphatic hydroxyl groups is 1. The highest BCUT2D eigenvalue weighted by molar-refractivity contribution is 5.21. The zero-order valence-electron chi connectivity index (χ0n) is 9.47. The Labute approximate surface area is 99.5 Å². The third-order valence-electron chi connectivity index (χ3n) is 2.46. The summed E-state index contributed by atoms with van der Waals surface area (Å²) >= 11 is 0. The Hall–Kier alpha value is -1.72. The summed E-state index contributed by atoms with van der Waals surface area (Å²) in [6.45, 7) is 1.68. The van der Waals surface area contributed by atoms with Crippen molar-refractivity contribution < 1.29 is 9.63 Å². The zero-order valence-corrected chi connectivity index (χ0v) is 9.47. The summed E-state index contributed by atoms with van der Waals surface area (Å²) in [5, 5.41) is 15.7. The average molecular weight is 233 g/mol. The number of rotatable bonds is 6. The Balaban J connectivity index is 1.70. The van der Waals surface area contributed by atoms with Gasteiger partial charge in [0.2, 0.25) is 5.89 Å². The van der Waals surface area contributed by atoms with Crippen molar-refractivity contribution in [3.8, 4) is 0 Å². The van der Waals surface area contributed by atoms with Crippen LogP contribution >= 0.6 is 0 Å². The normalized spacial score (nSPS) is 10.6. The minimum Gasteiger partial charge on any atom is -0.392 e. The molecule has 17 heavy (non-hydrogen) atoms. The van der Waals surface area contributed by atoms with Crippen LogP contribution < -0.4 is 5.32 Å². The van der Waals surface area contributed by atoms with E-state index in [1.165, 1.54) is 11.9 Å². The molecule has 0 radical (unpaired) electrons. The molecule has 5 nitrogen and oxygen atoms in total. The lowest BCUT2D eigenvalue weighted by molar-refractivity contribution is 0.282. The van der Waals surface area contributed by atoms with E-state index in [1.54, 1.807) is 0 Å². The lowest BCUT2D eigenvalue weighted by Crippen LogP contribution is -2.16. The average Bonchev–Trinajstić information content (AvgIpc) is 2.88. The molecule has 1 aromatic heterocycles. The molecule has 0 unspecified atom stereocenters. The summed E-state index contributed by atoms with van der Waals surface area (Å²) < 4.78 is 4.89. The summed E-state index contributed by atoms with van der Waals surface area (Å²) in [5.41, 5.74) is 2.12. The van der Waals surface area contributed by atoms with Crippen molar-refractivity contribution in [2.24, 2.45) is 0 Å². The van der Waals surface area contributed by atoms with Crippen LogP contribution in [0, 0.1) is 0 Å². The number of hydrogen-bond donors (Lipinski definition) is 2. The monoisotopic (exact) mass is 233 g/mol. The maximum atomic E-state index is 8.91. The van der Waals surface area contributed by atoms with Crippen LogP contribution in [0.1, 0.15) is 17.0 Å². The van der Waals surface area contributed by atoms with E-state index >= 15 is 0 Å². The van der Waals surface area contributed by atoms with E-state index in [0.717, 1.165) is 25.1 Å². The number of aliphatic hydroxyl groups excluding tert-OH is 1. The number of hydrogen-bond acceptors (Lipinski definition) is 5. The maximum Gasteiger partial charge on any atom is 0.227 e. The second kappa shape index (κ2) is 6.12. The molecule has 0 atom stereocenters. The van der Waals surface area contributed by atoms with Crippen molar-refractivity contribution in [3.05, 3.63) is 47.6 Å². The number of benzene rings is 1. The van der Waals surface area contributed by atoms with Crippen molar-refractivity contribution in [2.45, 2.75) is 19.6 Å². The topological polar surface area (TPSA) is 71.2 Å². The number of nitrogens with zero attached hydrogens (tertiary/aromatic N) is 2. The Kier molecular flexibility index (Phi) is 4.23. The molecule has 90 valence electrons. The Morgan fingerprint density at radius 1 is 1.18 bits per heavy atom. The van der Waals surface area contributed by atoms with Crippen LogP contribution in [0.3, 0.4) is 0 Å². The van der Waals surface area contributed by atoms with E-state index in [1.807, 2.05) is 24.3 Å². The molecule has 0 spiro atoms. The Morgan fingerprint density at radius 3 is 2.59 bits per heavy atom. The van der Waals surface area contributed by atoms with E-state index in [-0.39, 0.29) is 6.61 Å². The first-order valence-electron chi connectivity index (χ1n) is 5.53. The predicted octanol–water partition coefficient (Wildman–Crippen LogP) is 0.894. The fraction of sp³-hybridized carbons (Fsp3) is 0.333. The summed E-state index contributed by atoms with van der Waals surface area (Å²) in [7, 11) is 0. The summed E-state index contributed by atoms with van der Waals surface area (Å²) in [4.78, 5) is 3.94. The van der Waals surface area contributed by atoms with Crippen molar-refractivity contribution in [1.29, 1.82) is 0 Å². The fourth-order valence-corrected chi connectivity index (χ4v) is 1.50. The molecule has 2 rings (SSSR count). The molecule has 1 heterocycles. The molecule has 0 saturated heterocycles. The van der Waals surface area contributed by atoms with Gasteiger partial charge in [-0.05, 0) is 11.1 Å². The first-order valence-corrected chi connectivity index (χ1v) is 5.53. The van der Waals surface area contributed by atoms with Crippen molar-refractivity contribution in [1.82, 2.24) is 15.5 Å². The van der Waals surface area contributed by atoms with Crippen LogP contribution in [-0.4, -0.2) is 21.8 Å². The quantitative estimate of drug-likeness (QED) is 0.725.